The van der Waals surface area contributed by atoms with Crippen molar-refractivity contribution in [2.24, 2.45) is 0 Å². The van der Waals surface area contributed by atoms with Gasteiger partial charge < -0.3 is 5.32 Å². The predicted octanol–water partition coefficient (Wildman–Crippen LogP) is 3.52. The maximum absolute atomic E-state index is 6.23. The number of nitrogens with zero attached hydrogens (tertiary/aromatic N) is 2. The van der Waals surface area contributed by atoms with Crippen LogP contribution in [-0.2, 0) is 6.54 Å². The molecule has 0 amide bonds. The smallest absolute Gasteiger partial charge is 0.0837 e. The highest BCUT2D eigenvalue weighted by Crippen LogP contribution is 2.28. The first-order chi connectivity index (χ1) is 8.67. The van der Waals surface area contributed by atoms with Gasteiger partial charge in [0, 0.05) is 11.6 Å². The van der Waals surface area contributed by atoms with Crippen LogP contribution >= 0.6 is 23.2 Å². The summed E-state index contributed by atoms with van der Waals surface area (Å²) in [5, 5.41) is 8.93. The summed E-state index contributed by atoms with van der Waals surface area (Å²) >= 11 is 12.1. The lowest BCUT2D eigenvalue weighted by atomic mass is 10.0. The first-order valence-electron chi connectivity index (χ1n) is 5.81. The molecule has 0 aliphatic heterocycles. The Morgan fingerprint density at radius 1 is 1.28 bits per heavy atom. The Morgan fingerprint density at radius 2 is 1.94 bits per heavy atom. The van der Waals surface area contributed by atoms with Crippen LogP contribution in [0.1, 0.15) is 24.2 Å². The molecule has 0 radical (unpaired) electrons. The van der Waals surface area contributed by atoms with E-state index >= 15 is 0 Å². The molecule has 0 fully saturated rings. The first kappa shape index (κ1) is 13.4. The topological polar surface area (TPSA) is 29.9 Å². The summed E-state index contributed by atoms with van der Waals surface area (Å²) in [4.78, 5) is 0. The van der Waals surface area contributed by atoms with Crippen molar-refractivity contribution in [3.63, 3.8) is 0 Å². The van der Waals surface area contributed by atoms with Crippen LogP contribution in [0.25, 0.3) is 0 Å². The van der Waals surface area contributed by atoms with E-state index in [1.807, 2.05) is 42.9 Å². The van der Waals surface area contributed by atoms with E-state index in [9.17, 15) is 0 Å². The minimum Gasteiger partial charge on any atom is -0.308 e. The Bertz CT molecular complexity index is 520. The van der Waals surface area contributed by atoms with Crippen molar-refractivity contribution in [2.45, 2.75) is 19.5 Å². The molecule has 1 N–H and O–H groups in total. The van der Waals surface area contributed by atoms with Crippen molar-refractivity contribution in [3.8, 4) is 0 Å². The van der Waals surface area contributed by atoms with Crippen molar-refractivity contribution < 1.29 is 0 Å². The third kappa shape index (κ3) is 2.53. The maximum Gasteiger partial charge on any atom is 0.0837 e. The van der Waals surface area contributed by atoms with Crippen molar-refractivity contribution in [2.75, 3.05) is 7.05 Å². The lowest BCUT2D eigenvalue weighted by molar-refractivity contribution is 0.563. The molecule has 1 heterocycles. The summed E-state index contributed by atoms with van der Waals surface area (Å²) < 4.78 is 1.90. The van der Waals surface area contributed by atoms with Crippen molar-refractivity contribution in [1.82, 2.24) is 15.1 Å². The fourth-order valence-electron chi connectivity index (χ4n) is 2.03. The molecule has 1 aromatic heterocycles. The minimum atomic E-state index is 0.0113. The Hall–Kier alpha value is -1.03. The number of aryl methyl sites for hydroxylation is 1. The van der Waals surface area contributed by atoms with Gasteiger partial charge in [-0.1, -0.05) is 35.3 Å². The molecule has 2 aromatic rings. The molecular formula is C13H15Cl2N3. The largest absolute Gasteiger partial charge is 0.308 e. The van der Waals surface area contributed by atoms with E-state index in [0.717, 1.165) is 22.8 Å². The van der Waals surface area contributed by atoms with Crippen LogP contribution in [0, 0.1) is 0 Å². The summed E-state index contributed by atoms with van der Waals surface area (Å²) in [6.07, 6.45) is 1.68. The van der Waals surface area contributed by atoms with Gasteiger partial charge in [-0.15, -0.1) is 0 Å². The van der Waals surface area contributed by atoms with Crippen LogP contribution in [-0.4, -0.2) is 16.8 Å². The zero-order chi connectivity index (χ0) is 13.1. The number of benzene rings is 1. The van der Waals surface area contributed by atoms with Gasteiger partial charge in [-0.05, 0) is 31.7 Å². The molecule has 0 saturated carbocycles. The van der Waals surface area contributed by atoms with Crippen molar-refractivity contribution in [1.29, 1.82) is 0 Å². The highest BCUT2D eigenvalue weighted by Gasteiger charge is 2.20. The van der Waals surface area contributed by atoms with E-state index in [1.165, 1.54) is 0 Å². The van der Waals surface area contributed by atoms with E-state index in [2.05, 4.69) is 10.4 Å². The Morgan fingerprint density at radius 3 is 2.50 bits per heavy atom. The summed E-state index contributed by atoms with van der Waals surface area (Å²) in [5.41, 5.74) is 2.09. The fraction of sp³-hybridized carbons (Fsp3) is 0.308. The molecule has 0 aliphatic carbocycles. The molecule has 1 unspecified atom stereocenters. The molecule has 96 valence electrons. The molecular weight excluding hydrogens is 269 g/mol. The maximum atomic E-state index is 6.23. The van der Waals surface area contributed by atoms with Crippen LogP contribution in [0.15, 0.2) is 30.5 Å². The first-order valence-corrected chi connectivity index (χ1v) is 6.57. The third-order valence-corrected chi connectivity index (χ3v) is 3.44. The molecule has 0 spiro atoms. The zero-order valence-corrected chi connectivity index (χ0v) is 11.8. The number of hydrogen-bond acceptors (Lipinski definition) is 2. The molecule has 2 rings (SSSR count). The highest BCUT2D eigenvalue weighted by molar-refractivity contribution is 6.31. The van der Waals surface area contributed by atoms with E-state index < -0.39 is 0 Å². The average Bonchev–Trinajstić information content (AvgIpc) is 2.74. The normalized spacial score (nSPS) is 12.7. The third-order valence-electron chi connectivity index (χ3n) is 2.90. The van der Waals surface area contributed by atoms with Gasteiger partial charge in [0.1, 0.15) is 0 Å². The quantitative estimate of drug-likeness (QED) is 0.931. The molecule has 1 aromatic carbocycles. The van der Waals surface area contributed by atoms with Crippen LogP contribution in [0.5, 0.6) is 0 Å². The van der Waals surface area contributed by atoms with Gasteiger partial charge >= 0.3 is 0 Å². The monoisotopic (exact) mass is 283 g/mol. The van der Waals surface area contributed by atoms with Gasteiger partial charge in [0.15, 0.2) is 0 Å². The summed E-state index contributed by atoms with van der Waals surface area (Å²) in [5.74, 6) is 0. The highest BCUT2D eigenvalue weighted by atomic mass is 35.5. The second-order valence-electron chi connectivity index (χ2n) is 3.97. The van der Waals surface area contributed by atoms with Crippen LogP contribution in [0.2, 0.25) is 10.0 Å². The molecule has 18 heavy (non-hydrogen) atoms. The molecule has 1 atom stereocenters. The number of halogens is 2. The van der Waals surface area contributed by atoms with E-state index in [-0.39, 0.29) is 6.04 Å². The lowest BCUT2D eigenvalue weighted by Gasteiger charge is -2.18. The predicted molar refractivity (Wildman–Crippen MR) is 75.3 cm³/mol. The van der Waals surface area contributed by atoms with Gasteiger partial charge in [0.05, 0.1) is 23.0 Å². The molecule has 0 bridgehead atoms. The van der Waals surface area contributed by atoms with Gasteiger partial charge in [-0.25, -0.2) is 0 Å². The summed E-state index contributed by atoms with van der Waals surface area (Å²) in [6.45, 7) is 2.83. The second-order valence-corrected chi connectivity index (χ2v) is 4.81. The molecule has 0 aliphatic rings. The summed E-state index contributed by atoms with van der Waals surface area (Å²) in [6, 6.07) is 7.75. The Kier molecular flexibility index (Phi) is 4.27. The van der Waals surface area contributed by atoms with Gasteiger partial charge in [0.25, 0.3) is 0 Å². The number of nitrogens with one attached hydrogen (secondary N) is 1. The SMILES string of the molecule is CCn1ncc(Cl)c1C(NC)c1ccc(Cl)cc1. The van der Waals surface area contributed by atoms with Crippen LogP contribution in [0.4, 0.5) is 0 Å². The number of rotatable bonds is 4. The fourth-order valence-corrected chi connectivity index (χ4v) is 2.40. The van der Waals surface area contributed by atoms with E-state index in [1.54, 1.807) is 6.20 Å². The number of hydrogen-bond donors (Lipinski definition) is 1. The second kappa shape index (κ2) is 5.74. The van der Waals surface area contributed by atoms with Gasteiger partial charge in [0.2, 0.25) is 0 Å². The van der Waals surface area contributed by atoms with Crippen molar-refractivity contribution >= 4 is 23.2 Å². The van der Waals surface area contributed by atoms with Gasteiger partial charge in [-0.3, -0.25) is 4.68 Å². The summed E-state index contributed by atoms with van der Waals surface area (Å²) in [7, 11) is 1.91. The Balaban J connectivity index is 2.44. The molecule has 0 saturated heterocycles. The zero-order valence-electron chi connectivity index (χ0n) is 10.3. The van der Waals surface area contributed by atoms with E-state index in [0.29, 0.717) is 5.02 Å². The van der Waals surface area contributed by atoms with E-state index in [4.69, 9.17) is 23.2 Å². The molecule has 5 heteroatoms. The molecule has 3 nitrogen and oxygen atoms in total. The standard InChI is InChI=1S/C13H15Cl2N3/c1-3-18-13(11(15)8-17-18)12(16-2)9-4-6-10(14)7-5-9/h4-8,12,16H,3H2,1-2H3. The van der Waals surface area contributed by atoms with Crippen LogP contribution < -0.4 is 5.32 Å². The average molecular weight is 284 g/mol. The number of aromatic nitrogens is 2. The lowest BCUT2D eigenvalue weighted by Crippen LogP contribution is -2.21. The minimum absolute atomic E-state index is 0.0113. The van der Waals surface area contributed by atoms with Crippen molar-refractivity contribution in [3.05, 3.63) is 51.8 Å². The van der Waals surface area contributed by atoms with Crippen LogP contribution in [0.3, 0.4) is 0 Å². The van der Waals surface area contributed by atoms with Gasteiger partial charge in [-0.2, -0.15) is 5.10 Å². The Labute approximate surface area is 117 Å².